The molecule has 0 aliphatic rings. The summed E-state index contributed by atoms with van der Waals surface area (Å²) in [7, 11) is 0. The summed E-state index contributed by atoms with van der Waals surface area (Å²) in [5, 5.41) is 7.00. The fraction of sp³-hybridized carbons (Fsp3) is 0.455. The molecule has 0 unspecified atom stereocenters. The number of carbonyl (C=O) groups is 1. The number of fused-ring (bicyclic) bond motifs is 1. The van der Waals surface area contributed by atoms with Gasteiger partial charge in [0, 0.05) is 34.7 Å². The van der Waals surface area contributed by atoms with Crippen LogP contribution in [0, 0.1) is 0 Å². The van der Waals surface area contributed by atoms with Crippen LogP contribution in [0.4, 0.5) is 0 Å². The van der Waals surface area contributed by atoms with Gasteiger partial charge in [0.1, 0.15) is 5.58 Å². The molecule has 0 fully saturated rings. The number of rotatable bonds is 7. The normalized spacial score (nSPS) is 12.1. The molecule has 0 aliphatic carbocycles. The molecule has 28 heavy (non-hydrogen) atoms. The van der Waals surface area contributed by atoms with E-state index in [1.807, 2.05) is 38.1 Å². The number of benzene rings is 1. The summed E-state index contributed by atoms with van der Waals surface area (Å²) in [5.41, 5.74) is 2.62. The number of ether oxygens (including phenoxy) is 1. The van der Waals surface area contributed by atoms with Crippen LogP contribution in [-0.4, -0.2) is 23.5 Å². The summed E-state index contributed by atoms with van der Waals surface area (Å²) in [5.74, 6) is 0.113. The lowest BCUT2D eigenvalue weighted by Crippen LogP contribution is -2.26. The van der Waals surface area contributed by atoms with Gasteiger partial charge < -0.3 is 14.5 Å². The third kappa shape index (κ3) is 4.80. The van der Waals surface area contributed by atoms with Gasteiger partial charge in [0.15, 0.2) is 5.76 Å². The number of furan rings is 1. The van der Waals surface area contributed by atoms with E-state index >= 15 is 0 Å². The number of hydrogen-bond donors (Lipinski definition) is 1. The number of aromatic nitrogens is 1. The van der Waals surface area contributed by atoms with Crippen LogP contribution in [0.1, 0.15) is 61.4 Å². The van der Waals surface area contributed by atoms with Crippen molar-refractivity contribution in [3.05, 3.63) is 51.7 Å². The van der Waals surface area contributed by atoms with Gasteiger partial charge in [-0.3, -0.25) is 4.79 Å². The third-order valence-corrected chi connectivity index (χ3v) is 5.32. The Labute approximate surface area is 170 Å². The van der Waals surface area contributed by atoms with E-state index in [4.69, 9.17) is 9.15 Å². The topological polar surface area (TPSA) is 64.4 Å². The highest BCUT2D eigenvalue weighted by molar-refractivity contribution is 7.09. The van der Waals surface area contributed by atoms with Crippen molar-refractivity contribution in [1.29, 1.82) is 0 Å². The molecule has 0 spiro atoms. The first-order valence-corrected chi connectivity index (χ1v) is 10.5. The standard InChI is InChI=1S/C22H28N2O3S/c1-14(2)26-12-16-15-8-6-7-9-17(15)27-20(16)21(25)23-11-10-19-24-18(13-28-19)22(3,4)5/h6-9,13-14H,10-12H2,1-5H3,(H,23,25). The lowest BCUT2D eigenvalue weighted by molar-refractivity contribution is 0.0643. The Kier molecular flexibility index (Phi) is 6.20. The predicted molar refractivity (Wildman–Crippen MR) is 113 cm³/mol. The fourth-order valence-electron chi connectivity index (χ4n) is 2.81. The first-order valence-electron chi connectivity index (χ1n) is 9.61. The van der Waals surface area contributed by atoms with E-state index < -0.39 is 0 Å². The first kappa shape index (κ1) is 20.6. The van der Waals surface area contributed by atoms with Crippen LogP contribution in [0.25, 0.3) is 11.0 Å². The molecule has 3 aromatic rings. The van der Waals surface area contributed by atoms with E-state index in [9.17, 15) is 4.79 Å². The Morgan fingerprint density at radius 2 is 2.04 bits per heavy atom. The highest BCUT2D eigenvalue weighted by atomic mass is 32.1. The molecule has 0 atom stereocenters. The van der Waals surface area contributed by atoms with Gasteiger partial charge >= 0.3 is 0 Å². The minimum absolute atomic E-state index is 0.0393. The smallest absolute Gasteiger partial charge is 0.287 e. The number of nitrogens with one attached hydrogen (secondary N) is 1. The molecule has 0 aliphatic heterocycles. The van der Waals surface area contributed by atoms with Crippen LogP contribution >= 0.6 is 11.3 Å². The monoisotopic (exact) mass is 400 g/mol. The quantitative estimate of drug-likeness (QED) is 0.600. The molecule has 2 aromatic heterocycles. The highest BCUT2D eigenvalue weighted by Gasteiger charge is 2.21. The molecular weight excluding hydrogens is 372 g/mol. The second-order valence-electron chi connectivity index (χ2n) is 8.15. The van der Waals surface area contributed by atoms with E-state index in [2.05, 4.69) is 36.5 Å². The summed E-state index contributed by atoms with van der Waals surface area (Å²) in [6.07, 6.45) is 0.774. The molecule has 2 heterocycles. The molecule has 6 heteroatoms. The van der Waals surface area contributed by atoms with Crippen LogP contribution in [0.5, 0.6) is 0 Å². The number of thiazole rings is 1. The van der Waals surface area contributed by atoms with Gasteiger partial charge in [-0.2, -0.15) is 0 Å². The van der Waals surface area contributed by atoms with Gasteiger partial charge in [0.2, 0.25) is 0 Å². The maximum absolute atomic E-state index is 12.8. The molecule has 5 nitrogen and oxygen atoms in total. The molecular formula is C22H28N2O3S. The van der Waals surface area contributed by atoms with E-state index in [-0.39, 0.29) is 17.4 Å². The molecule has 0 saturated carbocycles. The second-order valence-corrected chi connectivity index (χ2v) is 9.09. The van der Waals surface area contributed by atoms with Gasteiger partial charge in [-0.25, -0.2) is 4.98 Å². The number of carbonyl (C=O) groups excluding carboxylic acids is 1. The van der Waals surface area contributed by atoms with Crippen molar-refractivity contribution in [3.8, 4) is 0 Å². The zero-order valence-corrected chi connectivity index (χ0v) is 18.0. The molecule has 150 valence electrons. The van der Waals surface area contributed by atoms with E-state index in [1.165, 1.54) is 0 Å². The Balaban J connectivity index is 1.69. The van der Waals surface area contributed by atoms with Gasteiger partial charge in [0.25, 0.3) is 5.91 Å². The SMILES string of the molecule is CC(C)OCc1c(C(=O)NCCc2nc(C(C)(C)C)cs2)oc2ccccc12. The zero-order chi connectivity index (χ0) is 20.3. The molecule has 1 amide bonds. The Bertz CT molecular complexity index is 950. The lowest BCUT2D eigenvalue weighted by Gasteiger charge is -2.14. The molecule has 0 radical (unpaired) electrons. The fourth-order valence-corrected chi connectivity index (χ4v) is 3.83. The number of nitrogens with zero attached hydrogens (tertiary/aromatic N) is 1. The summed E-state index contributed by atoms with van der Waals surface area (Å²) in [4.78, 5) is 17.4. The van der Waals surface area contributed by atoms with Crippen LogP contribution in [-0.2, 0) is 23.2 Å². The van der Waals surface area contributed by atoms with Gasteiger partial charge in [-0.15, -0.1) is 11.3 Å². The van der Waals surface area contributed by atoms with Gasteiger partial charge in [-0.1, -0.05) is 39.0 Å². The van der Waals surface area contributed by atoms with Crippen molar-refractivity contribution in [2.75, 3.05) is 6.54 Å². The maximum atomic E-state index is 12.8. The maximum Gasteiger partial charge on any atom is 0.287 e. The number of para-hydroxylation sites is 1. The average Bonchev–Trinajstić information content (AvgIpc) is 3.24. The van der Waals surface area contributed by atoms with E-state index in [0.717, 1.165) is 21.7 Å². The Morgan fingerprint density at radius 1 is 1.29 bits per heavy atom. The Morgan fingerprint density at radius 3 is 2.71 bits per heavy atom. The number of amides is 1. The molecule has 1 N–H and O–H groups in total. The third-order valence-electron chi connectivity index (χ3n) is 4.41. The van der Waals surface area contributed by atoms with Crippen LogP contribution < -0.4 is 5.32 Å². The van der Waals surface area contributed by atoms with Crippen LogP contribution in [0.15, 0.2) is 34.1 Å². The number of hydrogen-bond acceptors (Lipinski definition) is 5. The van der Waals surface area contributed by atoms with Gasteiger partial charge in [-0.05, 0) is 19.9 Å². The largest absolute Gasteiger partial charge is 0.451 e. The minimum Gasteiger partial charge on any atom is -0.451 e. The Hall–Kier alpha value is -2.18. The predicted octanol–water partition coefficient (Wildman–Crippen LogP) is 5.08. The summed E-state index contributed by atoms with van der Waals surface area (Å²) < 4.78 is 11.6. The van der Waals surface area contributed by atoms with Crippen molar-refractivity contribution in [1.82, 2.24) is 10.3 Å². The van der Waals surface area contributed by atoms with E-state index in [0.29, 0.717) is 30.9 Å². The second kappa shape index (κ2) is 8.45. The van der Waals surface area contributed by atoms with Crippen molar-refractivity contribution >= 4 is 28.2 Å². The van der Waals surface area contributed by atoms with Crippen molar-refractivity contribution < 1.29 is 13.9 Å². The summed E-state index contributed by atoms with van der Waals surface area (Å²) in [6, 6.07) is 7.66. The first-order chi connectivity index (χ1) is 13.3. The molecule has 1 aromatic carbocycles. The van der Waals surface area contributed by atoms with E-state index in [1.54, 1.807) is 11.3 Å². The zero-order valence-electron chi connectivity index (χ0n) is 17.2. The van der Waals surface area contributed by atoms with Crippen LogP contribution in [0.2, 0.25) is 0 Å². The van der Waals surface area contributed by atoms with Gasteiger partial charge in [0.05, 0.1) is 23.4 Å². The molecule has 0 saturated heterocycles. The van der Waals surface area contributed by atoms with Crippen molar-refractivity contribution in [2.45, 2.75) is 59.2 Å². The van der Waals surface area contributed by atoms with Crippen LogP contribution in [0.3, 0.4) is 0 Å². The average molecular weight is 401 g/mol. The van der Waals surface area contributed by atoms with Crippen molar-refractivity contribution in [3.63, 3.8) is 0 Å². The summed E-state index contributed by atoms with van der Waals surface area (Å²) in [6.45, 7) is 11.3. The minimum atomic E-state index is -0.217. The highest BCUT2D eigenvalue weighted by Crippen LogP contribution is 2.27. The summed E-state index contributed by atoms with van der Waals surface area (Å²) >= 11 is 1.64. The lowest BCUT2D eigenvalue weighted by atomic mass is 9.93. The van der Waals surface area contributed by atoms with Crippen molar-refractivity contribution in [2.24, 2.45) is 0 Å². The molecule has 0 bridgehead atoms. The molecule has 3 rings (SSSR count).